The van der Waals surface area contributed by atoms with Crippen LogP contribution < -0.4 is 14.9 Å². The maximum atomic E-state index is 12.9. The van der Waals surface area contributed by atoms with Gasteiger partial charge in [0.2, 0.25) is 0 Å². The van der Waals surface area contributed by atoms with Gasteiger partial charge in [-0.3, -0.25) is 4.79 Å². The van der Waals surface area contributed by atoms with Gasteiger partial charge in [-0.15, -0.1) is 0 Å². The molecular formula is C24H25N3O5S. The highest BCUT2D eigenvalue weighted by Gasteiger charge is 2.28. The summed E-state index contributed by atoms with van der Waals surface area (Å²) in [5.74, 6) is 0.915. The first-order valence-corrected chi connectivity index (χ1v) is 12.0. The lowest BCUT2D eigenvalue weighted by atomic mass is 9.93. The molecule has 0 spiro atoms. The molecule has 4 rings (SSSR count). The Morgan fingerprint density at radius 2 is 1.79 bits per heavy atom. The number of aryl methyl sites for hydroxylation is 2. The molecule has 1 amide bonds. The molecule has 0 aliphatic heterocycles. The lowest BCUT2D eigenvalue weighted by Crippen LogP contribution is -2.22. The molecule has 0 radical (unpaired) electrons. The summed E-state index contributed by atoms with van der Waals surface area (Å²) in [6.07, 6.45) is 1.94. The number of nitrogens with one attached hydrogen (secondary N) is 2. The van der Waals surface area contributed by atoms with Gasteiger partial charge in [0.05, 0.1) is 23.4 Å². The fourth-order valence-electron chi connectivity index (χ4n) is 3.81. The molecule has 1 heterocycles. The van der Waals surface area contributed by atoms with Gasteiger partial charge in [0.15, 0.2) is 5.76 Å². The zero-order valence-electron chi connectivity index (χ0n) is 18.6. The molecule has 0 atom stereocenters. The number of hydrazone groups is 1. The first kappa shape index (κ1) is 22.6. The molecule has 0 unspecified atom stereocenters. The van der Waals surface area contributed by atoms with Crippen LogP contribution in [0.3, 0.4) is 0 Å². The van der Waals surface area contributed by atoms with E-state index in [1.807, 2.05) is 13.0 Å². The SMILES string of the molecule is COc1ccccc1NC(=O)c1oc2c(c1C)/C(=N/NS(=O)(=O)c1ccc(C)cc1)CCC2. The van der Waals surface area contributed by atoms with Crippen LogP contribution in [0.15, 0.2) is 62.9 Å². The molecule has 3 aromatic rings. The normalized spacial score (nSPS) is 14.6. The Bertz CT molecular complexity index is 1320. The van der Waals surface area contributed by atoms with E-state index in [0.717, 1.165) is 12.0 Å². The van der Waals surface area contributed by atoms with E-state index in [2.05, 4.69) is 15.2 Å². The monoisotopic (exact) mass is 467 g/mol. The maximum absolute atomic E-state index is 12.9. The van der Waals surface area contributed by atoms with Gasteiger partial charge in [0, 0.05) is 17.5 Å². The first-order valence-electron chi connectivity index (χ1n) is 10.5. The predicted molar refractivity (Wildman–Crippen MR) is 125 cm³/mol. The van der Waals surface area contributed by atoms with Crippen LogP contribution in [0.25, 0.3) is 0 Å². The largest absolute Gasteiger partial charge is 0.495 e. The Balaban J connectivity index is 1.61. The molecule has 2 N–H and O–H groups in total. The smallest absolute Gasteiger partial charge is 0.291 e. The lowest BCUT2D eigenvalue weighted by Gasteiger charge is -2.14. The summed E-state index contributed by atoms with van der Waals surface area (Å²) in [7, 11) is -2.28. The number of nitrogens with zero attached hydrogens (tertiary/aromatic N) is 1. The van der Waals surface area contributed by atoms with Crippen molar-refractivity contribution in [1.82, 2.24) is 4.83 Å². The van der Waals surface area contributed by atoms with Gasteiger partial charge in [-0.05, 0) is 51.0 Å². The number of amides is 1. The molecule has 0 saturated carbocycles. The number of hydrogen-bond acceptors (Lipinski definition) is 6. The third-order valence-electron chi connectivity index (χ3n) is 5.52. The molecule has 0 saturated heterocycles. The van der Waals surface area contributed by atoms with Crippen LogP contribution >= 0.6 is 0 Å². The Morgan fingerprint density at radius 3 is 2.52 bits per heavy atom. The fraction of sp³-hybridized carbons (Fsp3) is 0.250. The number of ether oxygens (including phenoxy) is 1. The molecule has 33 heavy (non-hydrogen) atoms. The van der Waals surface area contributed by atoms with Crippen molar-refractivity contribution in [1.29, 1.82) is 0 Å². The van der Waals surface area contributed by atoms with E-state index in [1.165, 1.54) is 19.2 Å². The standard InChI is InChI=1S/C24H25N3O5S/c1-15-11-13-17(14-12-15)33(29,30)27-26-19-8-6-10-21-22(19)16(2)23(32-21)24(28)25-18-7-4-5-9-20(18)31-3/h4-5,7,9,11-14,27H,6,8,10H2,1-3H3,(H,25,28)/b26-19+. The van der Waals surface area contributed by atoms with Crippen molar-refractivity contribution < 1.29 is 22.4 Å². The van der Waals surface area contributed by atoms with Crippen molar-refractivity contribution in [2.24, 2.45) is 5.10 Å². The quantitative estimate of drug-likeness (QED) is 0.529. The van der Waals surface area contributed by atoms with Crippen LogP contribution in [0.1, 0.15) is 45.8 Å². The average molecular weight is 468 g/mol. The average Bonchev–Trinajstić information content (AvgIpc) is 3.15. The zero-order chi connectivity index (χ0) is 23.6. The summed E-state index contributed by atoms with van der Waals surface area (Å²) >= 11 is 0. The molecule has 2 aromatic carbocycles. The molecular weight excluding hydrogens is 442 g/mol. The Morgan fingerprint density at radius 1 is 1.06 bits per heavy atom. The van der Waals surface area contributed by atoms with Crippen molar-refractivity contribution in [3.63, 3.8) is 0 Å². The minimum Gasteiger partial charge on any atom is -0.495 e. The number of furan rings is 1. The van der Waals surface area contributed by atoms with E-state index >= 15 is 0 Å². The second-order valence-electron chi connectivity index (χ2n) is 7.83. The molecule has 0 bridgehead atoms. The molecule has 9 heteroatoms. The zero-order valence-corrected chi connectivity index (χ0v) is 19.5. The van der Waals surface area contributed by atoms with E-state index in [0.29, 0.717) is 46.9 Å². The number of benzene rings is 2. The summed E-state index contributed by atoms with van der Waals surface area (Å²) in [5.41, 5.74) is 3.33. The van der Waals surface area contributed by atoms with Crippen LogP contribution in [0, 0.1) is 13.8 Å². The molecule has 172 valence electrons. The first-order chi connectivity index (χ1) is 15.8. The topological polar surface area (TPSA) is 110 Å². The Labute approximate surface area is 192 Å². The highest BCUT2D eigenvalue weighted by molar-refractivity contribution is 7.89. The van der Waals surface area contributed by atoms with Crippen molar-refractivity contribution in [2.75, 3.05) is 12.4 Å². The maximum Gasteiger partial charge on any atom is 0.291 e. The molecule has 1 aliphatic rings. The summed E-state index contributed by atoms with van der Waals surface area (Å²) < 4.78 is 36.5. The van der Waals surface area contributed by atoms with Gasteiger partial charge < -0.3 is 14.5 Å². The van der Waals surface area contributed by atoms with Gasteiger partial charge in [-0.2, -0.15) is 18.4 Å². The Hall–Kier alpha value is -3.59. The number of carbonyl (C=O) groups excluding carboxylic acids is 1. The molecule has 0 fully saturated rings. The molecule has 1 aliphatic carbocycles. The summed E-state index contributed by atoms with van der Waals surface area (Å²) in [6, 6.07) is 13.6. The van der Waals surface area contributed by atoms with Gasteiger partial charge in [-0.1, -0.05) is 29.8 Å². The lowest BCUT2D eigenvalue weighted by molar-refractivity contribution is 0.0993. The van der Waals surface area contributed by atoms with Crippen molar-refractivity contribution in [3.8, 4) is 5.75 Å². The highest BCUT2D eigenvalue weighted by Crippen LogP contribution is 2.31. The van der Waals surface area contributed by atoms with Crippen LogP contribution in [0.2, 0.25) is 0 Å². The van der Waals surface area contributed by atoms with Crippen LogP contribution in [0.4, 0.5) is 5.69 Å². The van der Waals surface area contributed by atoms with E-state index in [1.54, 1.807) is 37.3 Å². The number of fused-ring (bicyclic) bond motifs is 1. The number of carbonyl (C=O) groups is 1. The van der Waals surface area contributed by atoms with E-state index < -0.39 is 15.9 Å². The number of anilines is 1. The van der Waals surface area contributed by atoms with E-state index in [9.17, 15) is 13.2 Å². The summed E-state index contributed by atoms with van der Waals surface area (Å²) in [4.78, 5) is 15.4. The minimum atomic E-state index is -3.81. The van der Waals surface area contributed by atoms with Crippen molar-refractivity contribution in [3.05, 3.63) is 76.7 Å². The molecule has 1 aromatic heterocycles. The van der Waals surface area contributed by atoms with Crippen LogP contribution in [-0.4, -0.2) is 27.1 Å². The van der Waals surface area contributed by atoms with Gasteiger partial charge in [-0.25, -0.2) is 0 Å². The van der Waals surface area contributed by atoms with Gasteiger partial charge >= 0.3 is 0 Å². The highest BCUT2D eigenvalue weighted by atomic mass is 32.2. The third-order valence-corrected chi connectivity index (χ3v) is 6.74. The van der Waals surface area contributed by atoms with Crippen LogP contribution in [0.5, 0.6) is 5.75 Å². The summed E-state index contributed by atoms with van der Waals surface area (Å²) in [5, 5.41) is 7.02. The van der Waals surface area contributed by atoms with Crippen molar-refractivity contribution >= 4 is 27.3 Å². The summed E-state index contributed by atoms with van der Waals surface area (Å²) in [6.45, 7) is 3.66. The van der Waals surface area contributed by atoms with Crippen molar-refractivity contribution in [2.45, 2.75) is 38.0 Å². The van der Waals surface area contributed by atoms with Crippen LogP contribution in [-0.2, 0) is 16.4 Å². The number of sulfonamides is 1. The predicted octanol–water partition coefficient (Wildman–Crippen LogP) is 4.18. The number of para-hydroxylation sites is 2. The fourth-order valence-corrected chi connectivity index (χ4v) is 4.64. The van der Waals surface area contributed by atoms with E-state index in [4.69, 9.17) is 9.15 Å². The number of hydrogen-bond donors (Lipinski definition) is 2. The third kappa shape index (κ3) is 4.63. The van der Waals surface area contributed by atoms with Gasteiger partial charge in [0.1, 0.15) is 11.5 Å². The van der Waals surface area contributed by atoms with Gasteiger partial charge in [0.25, 0.3) is 15.9 Å². The number of rotatable bonds is 6. The number of methoxy groups -OCH3 is 1. The molecule has 8 nitrogen and oxygen atoms in total. The minimum absolute atomic E-state index is 0.134. The second-order valence-corrected chi connectivity index (χ2v) is 9.49. The second kappa shape index (κ2) is 9.11. The Kier molecular flexibility index (Phi) is 6.24. The van der Waals surface area contributed by atoms with E-state index in [-0.39, 0.29) is 10.7 Å².